The normalized spacial score (nSPS) is 10.2. The molecule has 1 amide bonds. The van der Waals surface area contributed by atoms with Gasteiger partial charge in [-0.25, -0.2) is 4.79 Å². The van der Waals surface area contributed by atoms with Gasteiger partial charge in [0.25, 0.3) is 0 Å². The number of aryl methyl sites for hydroxylation is 1. The van der Waals surface area contributed by atoms with Crippen molar-refractivity contribution in [2.45, 2.75) is 19.6 Å². The van der Waals surface area contributed by atoms with Crippen LogP contribution in [-0.2, 0) is 17.9 Å². The average molecular weight is 304 g/mol. The van der Waals surface area contributed by atoms with Gasteiger partial charge in [-0.15, -0.1) is 0 Å². The Hall–Kier alpha value is -2.90. The predicted molar refractivity (Wildman–Crippen MR) is 78.1 cm³/mol. The van der Waals surface area contributed by atoms with E-state index in [0.717, 1.165) is 5.56 Å². The molecular formula is C14H16N4O4. The molecule has 8 heteroatoms. The quantitative estimate of drug-likeness (QED) is 0.480. The molecule has 0 bridgehead atoms. The third-order valence-electron chi connectivity index (χ3n) is 2.88. The summed E-state index contributed by atoms with van der Waals surface area (Å²) in [4.78, 5) is 21.5. The molecule has 0 radical (unpaired) electrons. The van der Waals surface area contributed by atoms with Crippen molar-refractivity contribution in [3.63, 3.8) is 0 Å². The maximum Gasteiger partial charge on any atom is 0.407 e. The van der Waals surface area contributed by atoms with Gasteiger partial charge >= 0.3 is 11.8 Å². The van der Waals surface area contributed by atoms with Gasteiger partial charge < -0.3 is 10.1 Å². The number of amides is 1. The van der Waals surface area contributed by atoms with Gasteiger partial charge in [0, 0.05) is 13.1 Å². The van der Waals surface area contributed by atoms with Crippen LogP contribution in [0.5, 0.6) is 0 Å². The van der Waals surface area contributed by atoms with Gasteiger partial charge in [0.15, 0.2) is 0 Å². The second kappa shape index (κ2) is 7.77. The highest BCUT2D eigenvalue weighted by Gasteiger charge is 2.08. The Balaban J connectivity index is 1.61. The maximum atomic E-state index is 11.5. The van der Waals surface area contributed by atoms with E-state index in [1.165, 1.54) is 17.1 Å². The Bertz CT molecular complexity index is 627. The van der Waals surface area contributed by atoms with E-state index in [1.54, 1.807) is 0 Å². The second-order valence-corrected chi connectivity index (χ2v) is 4.56. The molecule has 0 atom stereocenters. The highest BCUT2D eigenvalue weighted by molar-refractivity contribution is 5.67. The molecule has 1 aromatic carbocycles. The summed E-state index contributed by atoms with van der Waals surface area (Å²) in [7, 11) is 0. The molecule has 0 fully saturated rings. The van der Waals surface area contributed by atoms with Gasteiger partial charge in [0.05, 0.1) is 4.92 Å². The lowest BCUT2D eigenvalue weighted by molar-refractivity contribution is -0.385. The molecule has 0 aliphatic heterocycles. The summed E-state index contributed by atoms with van der Waals surface area (Å²) >= 11 is 0. The summed E-state index contributed by atoms with van der Waals surface area (Å²) in [5.74, 6) is 0. The van der Waals surface area contributed by atoms with E-state index in [2.05, 4.69) is 10.4 Å². The van der Waals surface area contributed by atoms with E-state index in [0.29, 0.717) is 19.5 Å². The van der Waals surface area contributed by atoms with E-state index < -0.39 is 11.0 Å². The molecule has 0 aliphatic rings. The molecule has 2 rings (SSSR count). The third-order valence-corrected chi connectivity index (χ3v) is 2.88. The van der Waals surface area contributed by atoms with Crippen LogP contribution in [0.2, 0.25) is 0 Å². The van der Waals surface area contributed by atoms with E-state index in [4.69, 9.17) is 4.74 Å². The summed E-state index contributed by atoms with van der Waals surface area (Å²) in [5, 5.41) is 17.0. The number of ether oxygens (including phenoxy) is 1. The highest BCUT2D eigenvalue weighted by atomic mass is 16.6. The van der Waals surface area contributed by atoms with Crippen molar-refractivity contribution in [3.8, 4) is 0 Å². The van der Waals surface area contributed by atoms with Gasteiger partial charge in [-0.05, 0) is 12.0 Å². The minimum absolute atomic E-state index is 0.0461. The minimum Gasteiger partial charge on any atom is -0.445 e. The van der Waals surface area contributed by atoms with Gasteiger partial charge in [-0.1, -0.05) is 30.3 Å². The first-order chi connectivity index (χ1) is 10.6. The summed E-state index contributed by atoms with van der Waals surface area (Å²) in [5.41, 5.74) is 0.872. The maximum absolute atomic E-state index is 11.5. The smallest absolute Gasteiger partial charge is 0.407 e. The molecular weight excluding hydrogens is 288 g/mol. The lowest BCUT2D eigenvalue weighted by Gasteiger charge is -2.07. The Morgan fingerprint density at radius 1 is 1.36 bits per heavy atom. The fraction of sp³-hybridized carbons (Fsp3) is 0.286. The molecule has 1 aromatic heterocycles. The standard InChI is InChI=1S/C14H16N4O4/c19-14(22-11-12-5-2-1-3-6-12)15-7-4-8-17-10-13(9-16-17)18(20)21/h1-3,5-6,9-10H,4,7-8,11H2,(H,15,19). The molecule has 8 nitrogen and oxygen atoms in total. The average Bonchev–Trinajstić information content (AvgIpc) is 3.00. The Kier molecular flexibility index (Phi) is 5.47. The first kappa shape index (κ1) is 15.5. The lowest BCUT2D eigenvalue weighted by Crippen LogP contribution is -2.26. The first-order valence-electron chi connectivity index (χ1n) is 6.76. The number of nitro groups is 1. The van der Waals surface area contributed by atoms with Crippen LogP contribution in [0, 0.1) is 10.1 Å². The lowest BCUT2D eigenvalue weighted by atomic mass is 10.2. The number of aromatic nitrogens is 2. The number of carbonyl (C=O) groups is 1. The van der Waals surface area contributed by atoms with Crippen LogP contribution in [-0.4, -0.2) is 27.3 Å². The number of carbonyl (C=O) groups excluding carboxylic acids is 1. The molecule has 1 N–H and O–H groups in total. The van der Waals surface area contributed by atoms with Crippen molar-refractivity contribution >= 4 is 11.8 Å². The summed E-state index contributed by atoms with van der Waals surface area (Å²) in [6.45, 7) is 1.10. The largest absolute Gasteiger partial charge is 0.445 e. The van der Waals surface area contributed by atoms with E-state index >= 15 is 0 Å². The molecule has 0 spiro atoms. The third kappa shape index (κ3) is 4.89. The summed E-state index contributed by atoms with van der Waals surface area (Å²) in [6.07, 6.45) is 2.66. The number of hydrogen-bond donors (Lipinski definition) is 1. The van der Waals surface area contributed by atoms with Gasteiger partial charge in [0.2, 0.25) is 0 Å². The van der Waals surface area contributed by atoms with Crippen molar-refractivity contribution in [1.29, 1.82) is 0 Å². The number of hydrogen-bond acceptors (Lipinski definition) is 5. The zero-order chi connectivity index (χ0) is 15.8. The first-order valence-corrected chi connectivity index (χ1v) is 6.76. The highest BCUT2D eigenvalue weighted by Crippen LogP contribution is 2.07. The van der Waals surface area contributed by atoms with Crippen molar-refractivity contribution < 1.29 is 14.5 Å². The SMILES string of the molecule is O=C(NCCCn1cc([N+](=O)[O-])cn1)OCc1ccccc1. The van der Waals surface area contributed by atoms with Crippen molar-refractivity contribution in [3.05, 3.63) is 58.4 Å². The fourth-order valence-electron chi connectivity index (χ4n) is 1.77. The monoisotopic (exact) mass is 304 g/mol. The molecule has 116 valence electrons. The van der Waals surface area contributed by atoms with Crippen LogP contribution in [0.3, 0.4) is 0 Å². The summed E-state index contributed by atoms with van der Waals surface area (Å²) in [6, 6.07) is 9.39. The molecule has 0 aliphatic carbocycles. The van der Waals surface area contributed by atoms with E-state index in [9.17, 15) is 14.9 Å². The van der Waals surface area contributed by atoms with Crippen LogP contribution in [0.4, 0.5) is 10.5 Å². The van der Waals surface area contributed by atoms with Gasteiger partial charge in [0.1, 0.15) is 19.0 Å². The van der Waals surface area contributed by atoms with Crippen LogP contribution in [0.25, 0.3) is 0 Å². The molecule has 0 saturated heterocycles. The topological polar surface area (TPSA) is 99.3 Å². The number of rotatable bonds is 7. The zero-order valence-electron chi connectivity index (χ0n) is 11.8. The zero-order valence-corrected chi connectivity index (χ0v) is 11.8. The number of nitrogens with zero attached hydrogens (tertiary/aromatic N) is 3. The number of benzene rings is 1. The van der Waals surface area contributed by atoms with Crippen LogP contribution >= 0.6 is 0 Å². The van der Waals surface area contributed by atoms with Crippen molar-refractivity contribution in [2.75, 3.05) is 6.54 Å². The van der Waals surface area contributed by atoms with Crippen LogP contribution in [0.1, 0.15) is 12.0 Å². The predicted octanol–water partition coefficient (Wildman–Crippen LogP) is 2.11. The number of alkyl carbamates (subject to hydrolysis) is 1. The molecule has 22 heavy (non-hydrogen) atoms. The molecule has 0 saturated carbocycles. The minimum atomic E-state index is -0.497. The van der Waals surface area contributed by atoms with Crippen LogP contribution in [0.15, 0.2) is 42.7 Å². The Morgan fingerprint density at radius 2 is 2.14 bits per heavy atom. The summed E-state index contributed by atoms with van der Waals surface area (Å²) < 4.78 is 6.52. The molecule has 2 aromatic rings. The Labute approximate surface area is 126 Å². The van der Waals surface area contributed by atoms with E-state index in [-0.39, 0.29) is 12.3 Å². The van der Waals surface area contributed by atoms with Crippen LogP contribution < -0.4 is 5.32 Å². The number of nitrogens with one attached hydrogen (secondary N) is 1. The molecule has 0 unspecified atom stereocenters. The van der Waals surface area contributed by atoms with Gasteiger partial charge in [-0.3, -0.25) is 14.8 Å². The van der Waals surface area contributed by atoms with E-state index in [1.807, 2.05) is 30.3 Å². The van der Waals surface area contributed by atoms with Crippen molar-refractivity contribution in [1.82, 2.24) is 15.1 Å². The van der Waals surface area contributed by atoms with Gasteiger partial charge in [-0.2, -0.15) is 5.10 Å². The Morgan fingerprint density at radius 3 is 2.82 bits per heavy atom. The second-order valence-electron chi connectivity index (χ2n) is 4.56. The molecule has 1 heterocycles. The fourth-order valence-corrected chi connectivity index (χ4v) is 1.77. The van der Waals surface area contributed by atoms with Crippen molar-refractivity contribution in [2.24, 2.45) is 0 Å².